The van der Waals surface area contributed by atoms with Crippen molar-refractivity contribution in [1.29, 1.82) is 0 Å². The summed E-state index contributed by atoms with van der Waals surface area (Å²) >= 11 is 3.54. The van der Waals surface area contributed by atoms with E-state index < -0.39 is 0 Å². The number of aromatic amines is 1. The second-order valence-corrected chi connectivity index (χ2v) is 8.68. The number of aromatic nitrogens is 1. The van der Waals surface area contributed by atoms with E-state index in [2.05, 4.69) is 67.2 Å². The Morgan fingerprint density at radius 2 is 1.76 bits per heavy atom. The zero-order valence-electron chi connectivity index (χ0n) is 16.5. The molecule has 1 saturated heterocycles. The molecule has 1 fully saturated rings. The molecule has 29 heavy (non-hydrogen) atoms. The lowest BCUT2D eigenvalue weighted by Gasteiger charge is -2.36. The fourth-order valence-electron chi connectivity index (χ4n) is 4.32. The van der Waals surface area contributed by atoms with E-state index in [1.165, 1.54) is 28.6 Å². The van der Waals surface area contributed by atoms with Gasteiger partial charge in [0.2, 0.25) is 0 Å². The van der Waals surface area contributed by atoms with Crippen molar-refractivity contribution in [1.82, 2.24) is 9.88 Å². The molecule has 0 unspecified atom stereocenters. The van der Waals surface area contributed by atoms with Gasteiger partial charge in [-0.05, 0) is 49.2 Å². The van der Waals surface area contributed by atoms with Crippen LogP contribution in [-0.2, 0) is 6.42 Å². The van der Waals surface area contributed by atoms with Crippen molar-refractivity contribution >= 4 is 32.5 Å². The Bertz CT molecular complexity index is 995. The summed E-state index contributed by atoms with van der Waals surface area (Å²) in [6.45, 7) is 6.75. The molecule has 2 aromatic carbocycles. The first-order valence-corrected chi connectivity index (χ1v) is 11.2. The summed E-state index contributed by atoms with van der Waals surface area (Å²) in [6, 6.07) is 12.8. The van der Waals surface area contributed by atoms with E-state index in [-0.39, 0.29) is 0 Å². The maximum Gasteiger partial charge on any atom is 0.163 e. The second-order valence-electron chi connectivity index (χ2n) is 7.76. The third-order valence-electron chi connectivity index (χ3n) is 5.91. The van der Waals surface area contributed by atoms with E-state index in [0.29, 0.717) is 13.2 Å². The van der Waals surface area contributed by atoms with Gasteiger partial charge in [-0.2, -0.15) is 0 Å². The monoisotopic (exact) mass is 455 g/mol. The molecule has 0 amide bonds. The van der Waals surface area contributed by atoms with Crippen molar-refractivity contribution < 1.29 is 9.47 Å². The molecule has 2 aliphatic rings. The van der Waals surface area contributed by atoms with Gasteiger partial charge in [0, 0.05) is 59.5 Å². The largest absolute Gasteiger partial charge is 0.486 e. The smallest absolute Gasteiger partial charge is 0.163 e. The highest BCUT2D eigenvalue weighted by Gasteiger charge is 2.19. The Kier molecular flexibility index (Phi) is 5.38. The Morgan fingerprint density at radius 3 is 2.62 bits per heavy atom. The van der Waals surface area contributed by atoms with Crippen LogP contribution in [-0.4, -0.2) is 55.8 Å². The van der Waals surface area contributed by atoms with Crippen LogP contribution in [0.5, 0.6) is 11.5 Å². The fourth-order valence-corrected chi connectivity index (χ4v) is 4.68. The van der Waals surface area contributed by atoms with Gasteiger partial charge in [0.05, 0.1) is 0 Å². The molecule has 5 nitrogen and oxygen atoms in total. The van der Waals surface area contributed by atoms with Crippen LogP contribution in [0.4, 0.5) is 5.69 Å². The Morgan fingerprint density at radius 1 is 0.931 bits per heavy atom. The number of nitrogens with zero attached hydrogens (tertiary/aromatic N) is 2. The van der Waals surface area contributed by atoms with Gasteiger partial charge in [-0.25, -0.2) is 0 Å². The van der Waals surface area contributed by atoms with Gasteiger partial charge in [0.25, 0.3) is 0 Å². The number of halogens is 1. The Hall–Kier alpha value is -2.18. The fraction of sp³-hybridized carbons (Fsp3) is 0.391. The predicted molar refractivity (Wildman–Crippen MR) is 120 cm³/mol. The van der Waals surface area contributed by atoms with Gasteiger partial charge in [-0.3, -0.25) is 4.90 Å². The number of ether oxygens (including phenoxy) is 2. The molecule has 1 N–H and O–H groups in total. The first-order chi connectivity index (χ1) is 14.3. The minimum atomic E-state index is 0.637. The average Bonchev–Trinajstić information content (AvgIpc) is 3.16. The zero-order valence-corrected chi connectivity index (χ0v) is 18.1. The van der Waals surface area contributed by atoms with Gasteiger partial charge in [0.1, 0.15) is 13.2 Å². The van der Waals surface area contributed by atoms with Gasteiger partial charge < -0.3 is 19.4 Å². The van der Waals surface area contributed by atoms with Crippen molar-refractivity contribution in [3.05, 3.63) is 52.6 Å². The predicted octanol–water partition coefficient (Wildman–Crippen LogP) is 4.46. The summed E-state index contributed by atoms with van der Waals surface area (Å²) < 4.78 is 12.5. The molecule has 152 valence electrons. The molecule has 1 aromatic heterocycles. The molecule has 5 rings (SSSR count). The average molecular weight is 456 g/mol. The molecular weight excluding hydrogens is 430 g/mol. The Balaban J connectivity index is 1.12. The molecule has 0 radical (unpaired) electrons. The highest BCUT2D eigenvalue weighted by Crippen LogP contribution is 2.34. The van der Waals surface area contributed by atoms with Crippen molar-refractivity contribution in [3.8, 4) is 11.5 Å². The quantitative estimate of drug-likeness (QED) is 0.616. The number of nitrogens with one attached hydrogen (secondary N) is 1. The Labute approximate surface area is 179 Å². The second kappa shape index (κ2) is 8.28. The van der Waals surface area contributed by atoms with Gasteiger partial charge in [-0.15, -0.1) is 0 Å². The summed E-state index contributed by atoms with van der Waals surface area (Å²) in [4.78, 5) is 8.43. The molecule has 3 heterocycles. The highest BCUT2D eigenvalue weighted by molar-refractivity contribution is 9.10. The minimum Gasteiger partial charge on any atom is -0.486 e. The van der Waals surface area contributed by atoms with Crippen LogP contribution < -0.4 is 14.4 Å². The number of H-pyrrole nitrogens is 1. The van der Waals surface area contributed by atoms with Crippen LogP contribution in [0.1, 0.15) is 12.0 Å². The van der Waals surface area contributed by atoms with E-state index >= 15 is 0 Å². The van der Waals surface area contributed by atoms with E-state index in [4.69, 9.17) is 9.47 Å². The third kappa shape index (κ3) is 4.09. The van der Waals surface area contributed by atoms with E-state index in [9.17, 15) is 0 Å². The molecular formula is C23H26BrN3O2. The summed E-state index contributed by atoms with van der Waals surface area (Å²) in [5.41, 5.74) is 3.86. The number of benzene rings is 2. The zero-order chi connectivity index (χ0) is 19.6. The molecule has 2 aliphatic heterocycles. The number of hydrogen-bond acceptors (Lipinski definition) is 4. The molecule has 6 heteroatoms. The maximum atomic E-state index is 5.73. The first-order valence-electron chi connectivity index (χ1n) is 10.4. The van der Waals surface area contributed by atoms with E-state index in [1.54, 1.807) is 0 Å². The van der Waals surface area contributed by atoms with Gasteiger partial charge >= 0.3 is 0 Å². The number of fused-ring (bicyclic) bond motifs is 2. The molecule has 0 aliphatic carbocycles. The normalized spacial score (nSPS) is 17.1. The molecule has 0 saturated carbocycles. The number of rotatable bonds is 5. The summed E-state index contributed by atoms with van der Waals surface area (Å²) in [5.74, 6) is 1.74. The van der Waals surface area contributed by atoms with Crippen LogP contribution in [0.15, 0.2) is 47.1 Å². The lowest BCUT2D eigenvalue weighted by atomic mass is 10.1. The number of hydrogen-bond donors (Lipinski definition) is 1. The van der Waals surface area contributed by atoms with Crippen LogP contribution >= 0.6 is 15.9 Å². The van der Waals surface area contributed by atoms with Crippen molar-refractivity contribution in [2.24, 2.45) is 0 Å². The van der Waals surface area contributed by atoms with Crippen LogP contribution in [0, 0.1) is 0 Å². The first kappa shape index (κ1) is 18.8. The summed E-state index contributed by atoms with van der Waals surface area (Å²) in [6.07, 6.45) is 4.47. The van der Waals surface area contributed by atoms with E-state index in [1.807, 2.05) is 6.07 Å². The third-order valence-corrected chi connectivity index (χ3v) is 6.41. The summed E-state index contributed by atoms with van der Waals surface area (Å²) in [7, 11) is 0. The topological polar surface area (TPSA) is 40.7 Å². The molecule has 0 spiro atoms. The number of anilines is 1. The molecule has 0 atom stereocenters. The molecule has 3 aromatic rings. The lowest BCUT2D eigenvalue weighted by Crippen LogP contribution is -2.46. The lowest BCUT2D eigenvalue weighted by molar-refractivity contribution is 0.171. The van der Waals surface area contributed by atoms with E-state index in [0.717, 1.165) is 55.1 Å². The number of aryl methyl sites for hydroxylation is 1. The van der Waals surface area contributed by atoms with Crippen molar-refractivity contribution in [2.45, 2.75) is 12.8 Å². The van der Waals surface area contributed by atoms with Crippen LogP contribution in [0.2, 0.25) is 0 Å². The van der Waals surface area contributed by atoms with Crippen LogP contribution in [0.25, 0.3) is 10.9 Å². The van der Waals surface area contributed by atoms with Gasteiger partial charge in [0.15, 0.2) is 11.5 Å². The SMILES string of the molecule is Brc1ccc2c(CCCN3CCN(c4ccc5c(c4)OCCO5)CC3)c[nH]c2c1. The van der Waals surface area contributed by atoms with Crippen LogP contribution in [0.3, 0.4) is 0 Å². The van der Waals surface area contributed by atoms with Crippen molar-refractivity contribution in [3.63, 3.8) is 0 Å². The van der Waals surface area contributed by atoms with Crippen molar-refractivity contribution in [2.75, 3.05) is 50.8 Å². The number of piperazine rings is 1. The standard InChI is InChI=1S/C23H26BrN3O2/c24-18-3-5-20-17(16-25-21(20)14-18)2-1-7-26-8-10-27(11-9-26)19-4-6-22-23(15-19)29-13-12-28-22/h3-6,14-16,25H,1-2,7-13H2. The highest BCUT2D eigenvalue weighted by atomic mass is 79.9. The van der Waals surface area contributed by atoms with Gasteiger partial charge in [-0.1, -0.05) is 22.0 Å². The maximum absolute atomic E-state index is 5.73. The summed E-state index contributed by atoms with van der Waals surface area (Å²) in [5, 5.41) is 1.34. The molecule has 0 bridgehead atoms. The minimum absolute atomic E-state index is 0.637.